The minimum absolute atomic E-state index is 0.0981. The Kier molecular flexibility index (Phi) is 5.53. The summed E-state index contributed by atoms with van der Waals surface area (Å²) in [5, 5.41) is 3.38. The lowest BCUT2D eigenvalue weighted by Crippen LogP contribution is -2.20. The summed E-state index contributed by atoms with van der Waals surface area (Å²) in [6.07, 6.45) is 1.90. The Morgan fingerprint density at radius 1 is 1.24 bits per heavy atom. The molecule has 0 amide bonds. The number of rotatable bonds is 6. The van der Waals surface area contributed by atoms with Gasteiger partial charge >= 0.3 is 0 Å². The number of benzene rings is 1. The molecule has 2 rings (SSSR count). The zero-order valence-electron chi connectivity index (χ0n) is 12.1. The van der Waals surface area contributed by atoms with Crippen LogP contribution >= 0.6 is 15.9 Å². The lowest BCUT2D eigenvalue weighted by Gasteiger charge is -2.13. The molecule has 0 aliphatic heterocycles. The maximum absolute atomic E-state index is 13.9. The van der Waals surface area contributed by atoms with Gasteiger partial charge in [-0.1, -0.05) is 13.8 Å². The molecule has 0 saturated carbocycles. The van der Waals surface area contributed by atoms with Crippen molar-refractivity contribution in [1.29, 1.82) is 0 Å². The molecule has 0 bridgehead atoms. The summed E-state index contributed by atoms with van der Waals surface area (Å²) in [5.74, 6) is -0.106. The van der Waals surface area contributed by atoms with Gasteiger partial charge in [0.15, 0.2) is 0 Å². The van der Waals surface area contributed by atoms with Crippen molar-refractivity contribution in [3.63, 3.8) is 0 Å². The van der Waals surface area contributed by atoms with Gasteiger partial charge in [-0.05, 0) is 53.5 Å². The summed E-state index contributed by atoms with van der Waals surface area (Å²) >= 11 is 3.18. The maximum Gasteiger partial charge on any atom is 0.138 e. The van der Waals surface area contributed by atoms with Gasteiger partial charge in [-0.3, -0.25) is 0 Å². The molecule has 5 heteroatoms. The number of nitrogens with one attached hydrogen (secondary N) is 1. The van der Waals surface area contributed by atoms with E-state index in [1.54, 1.807) is 6.07 Å². The van der Waals surface area contributed by atoms with Crippen LogP contribution < -0.4 is 5.32 Å². The molecule has 0 saturated heterocycles. The minimum atomic E-state index is -0.641. The second kappa shape index (κ2) is 7.18. The molecule has 21 heavy (non-hydrogen) atoms. The van der Waals surface area contributed by atoms with E-state index in [0.717, 1.165) is 31.2 Å². The van der Waals surface area contributed by atoms with Gasteiger partial charge in [0.2, 0.25) is 0 Å². The molecule has 1 atom stereocenters. The first kappa shape index (κ1) is 16.2. The van der Waals surface area contributed by atoms with Crippen molar-refractivity contribution in [2.75, 3.05) is 6.54 Å². The first-order valence-electron chi connectivity index (χ1n) is 7.04. The molecule has 1 aromatic carbocycles. The molecule has 0 radical (unpaired) electrons. The van der Waals surface area contributed by atoms with E-state index in [4.69, 9.17) is 4.42 Å². The standard InChI is InChI=1S/C16H18BrF2NO/c1-3-7-20-13(4-2)14-5-6-15(21-14)16-11(17)8-10(18)9-12(16)19/h5-6,8-9,13,20H,3-4,7H2,1-2H3. The van der Waals surface area contributed by atoms with Crippen LogP contribution in [0.5, 0.6) is 0 Å². The predicted molar refractivity (Wildman–Crippen MR) is 83.1 cm³/mol. The average Bonchev–Trinajstić information content (AvgIpc) is 2.88. The predicted octanol–water partition coefficient (Wildman–Crippen LogP) is 5.44. The molecule has 0 spiro atoms. The van der Waals surface area contributed by atoms with Gasteiger partial charge < -0.3 is 9.73 Å². The summed E-state index contributed by atoms with van der Waals surface area (Å²) in [6, 6.07) is 5.73. The van der Waals surface area contributed by atoms with E-state index in [0.29, 0.717) is 10.2 Å². The molecule has 1 aromatic heterocycles. The van der Waals surface area contributed by atoms with E-state index in [1.165, 1.54) is 6.07 Å². The third-order valence-electron chi connectivity index (χ3n) is 3.27. The molecular formula is C16H18BrF2NO. The smallest absolute Gasteiger partial charge is 0.138 e. The van der Waals surface area contributed by atoms with Crippen LogP contribution in [0.15, 0.2) is 33.2 Å². The molecule has 1 N–H and O–H groups in total. The fourth-order valence-electron chi connectivity index (χ4n) is 2.22. The highest BCUT2D eigenvalue weighted by Gasteiger charge is 2.18. The van der Waals surface area contributed by atoms with Gasteiger partial charge in [0.1, 0.15) is 23.2 Å². The Morgan fingerprint density at radius 3 is 2.62 bits per heavy atom. The van der Waals surface area contributed by atoms with Crippen molar-refractivity contribution < 1.29 is 13.2 Å². The van der Waals surface area contributed by atoms with Gasteiger partial charge in [-0.15, -0.1) is 0 Å². The van der Waals surface area contributed by atoms with Crippen molar-refractivity contribution in [3.8, 4) is 11.3 Å². The van der Waals surface area contributed by atoms with Crippen molar-refractivity contribution in [1.82, 2.24) is 5.32 Å². The van der Waals surface area contributed by atoms with Crippen molar-refractivity contribution in [2.24, 2.45) is 0 Å². The fraction of sp³-hybridized carbons (Fsp3) is 0.375. The maximum atomic E-state index is 13.9. The Hall–Kier alpha value is -1.20. The summed E-state index contributed by atoms with van der Waals surface area (Å²) < 4.78 is 33.2. The zero-order valence-corrected chi connectivity index (χ0v) is 13.6. The van der Waals surface area contributed by atoms with Gasteiger partial charge in [0, 0.05) is 10.5 Å². The second-order valence-corrected chi connectivity index (χ2v) is 5.72. The number of halogens is 3. The highest BCUT2D eigenvalue weighted by atomic mass is 79.9. The van der Waals surface area contributed by atoms with Crippen molar-refractivity contribution in [3.05, 3.63) is 46.1 Å². The first-order valence-corrected chi connectivity index (χ1v) is 7.84. The highest BCUT2D eigenvalue weighted by Crippen LogP contribution is 2.34. The van der Waals surface area contributed by atoms with Crippen LogP contribution in [0.1, 0.15) is 38.5 Å². The molecule has 1 heterocycles. The van der Waals surface area contributed by atoms with Crippen LogP contribution in [0.25, 0.3) is 11.3 Å². The Labute approximate surface area is 131 Å². The SMILES string of the molecule is CCCNC(CC)c1ccc(-c2c(F)cc(F)cc2Br)o1. The van der Waals surface area contributed by atoms with Crippen LogP contribution in [-0.2, 0) is 0 Å². The Morgan fingerprint density at radius 2 is 2.00 bits per heavy atom. The largest absolute Gasteiger partial charge is 0.459 e. The molecule has 0 fully saturated rings. The third-order valence-corrected chi connectivity index (χ3v) is 3.90. The van der Waals surface area contributed by atoms with Crippen LogP contribution in [0.4, 0.5) is 8.78 Å². The summed E-state index contributed by atoms with van der Waals surface area (Å²) in [5.41, 5.74) is 0.244. The lowest BCUT2D eigenvalue weighted by molar-refractivity contribution is 0.409. The molecule has 1 unspecified atom stereocenters. The number of furan rings is 1. The number of hydrogen-bond donors (Lipinski definition) is 1. The monoisotopic (exact) mass is 357 g/mol. The topological polar surface area (TPSA) is 25.2 Å². The van der Waals surface area contributed by atoms with E-state index < -0.39 is 11.6 Å². The van der Waals surface area contributed by atoms with Crippen LogP contribution in [0.2, 0.25) is 0 Å². The summed E-state index contributed by atoms with van der Waals surface area (Å²) in [4.78, 5) is 0. The molecule has 114 valence electrons. The molecule has 0 aliphatic rings. The molecule has 2 aromatic rings. The first-order chi connectivity index (χ1) is 10.1. The summed E-state index contributed by atoms with van der Waals surface area (Å²) in [7, 11) is 0. The average molecular weight is 358 g/mol. The molecule has 0 aliphatic carbocycles. The van der Waals surface area contributed by atoms with E-state index >= 15 is 0 Å². The summed E-state index contributed by atoms with van der Waals surface area (Å²) in [6.45, 7) is 5.05. The fourth-order valence-corrected chi connectivity index (χ4v) is 2.82. The van der Waals surface area contributed by atoms with Gasteiger partial charge in [0.05, 0.1) is 11.6 Å². The Bertz CT molecular complexity index is 589. The van der Waals surface area contributed by atoms with Crippen LogP contribution in [0.3, 0.4) is 0 Å². The van der Waals surface area contributed by atoms with Crippen LogP contribution in [-0.4, -0.2) is 6.54 Å². The highest BCUT2D eigenvalue weighted by molar-refractivity contribution is 9.10. The van der Waals surface area contributed by atoms with Crippen molar-refractivity contribution in [2.45, 2.75) is 32.7 Å². The normalized spacial score (nSPS) is 12.6. The zero-order chi connectivity index (χ0) is 15.4. The van der Waals surface area contributed by atoms with Gasteiger partial charge in [-0.25, -0.2) is 8.78 Å². The van der Waals surface area contributed by atoms with E-state index in [1.807, 2.05) is 6.07 Å². The third kappa shape index (κ3) is 3.71. The van der Waals surface area contributed by atoms with Gasteiger partial charge in [0.25, 0.3) is 0 Å². The Balaban J connectivity index is 2.31. The quantitative estimate of drug-likeness (QED) is 0.744. The second-order valence-electron chi connectivity index (χ2n) is 4.86. The minimum Gasteiger partial charge on any atom is -0.459 e. The molecular weight excluding hydrogens is 340 g/mol. The lowest BCUT2D eigenvalue weighted by atomic mass is 10.1. The van der Waals surface area contributed by atoms with Crippen molar-refractivity contribution >= 4 is 15.9 Å². The van der Waals surface area contributed by atoms with Crippen LogP contribution in [0, 0.1) is 11.6 Å². The van der Waals surface area contributed by atoms with Gasteiger partial charge in [-0.2, -0.15) is 0 Å². The van der Waals surface area contributed by atoms with E-state index in [9.17, 15) is 8.78 Å². The molecule has 2 nitrogen and oxygen atoms in total. The van der Waals surface area contributed by atoms with E-state index in [-0.39, 0.29) is 11.6 Å². The van der Waals surface area contributed by atoms with E-state index in [2.05, 4.69) is 35.1 Å². The number of hydrogen-bond acceptors (Lipinski definition) is 2.